The smallest absolute Gasteiger partial charge is 0.174 e. The second kappa shape index (κ2) is 6.77. The second-order valence-electron chi connectivity index (χ2n) is 6.58. The third-order valence-corrected chi connectivity index (χ3v) is 5.35. The van der Waals surface area contributed by atoms with Crippen LogP contribution in [0.5, 0.6) is 11.5 Å². The van der Waals surface area contributed by atoms with Gasteiger partial charge in [-0.25, -0.2) is 0 Å². The zero-order valence-electron chi connectivity index (χ0n) is 13.3. The van der Waals surface area contributed by atoms with E-state index < -0.39 is 0 Å². The number of halogens is 1. The summed E-state index contributed by atoms with van der Waals surface area (Å²) < 4.78 is 12.5. The first-order valence-electron chi connectivity index (χ1n) is 8.03. The maximum absolute atomic E-state index is 6.02. The molecule has 1 aliphatic heterocycles. The Hall–Kier alpha value is -0.780. The van der Waals surface area contributed by atoms with Crippen molar-refractivity contribution in [1.29, 1.82) is 0 Å². The van der Waals surface area contributed by atoms with Crippen LogP contribution in [-0.2, 0) is 0 Å². The molecule has 4 nitrogen and oxygen atoms in total. The lowest BCUT2D eigenvalue weighted by molar-refractivity contribution is 0.276. The van der Waals surface area contributed by atoms with E-state index in [1.54, 1.807) is 7.11 Å². The second-order valence-corrected chi connectivity index (χ2v) is 7.44. The Morgan fingerprint density at radius 3 is 2.68 bits per heavy atom. The lowest BCUT2D eigenvalue weighted by Gasteiger charge is -2.22. The Kier molecular flexibility index (Phi) is 4.95. The fourth-order valence-corrected chi connectivity index (χ4v) is 3.87. The van der Waals surface area contributed by atoms with Crippen LogP contribution in [0.15, 0.2) is 16.6 Å². The van der Waals surface area contributed by atoms with Gasteiger partial charge in [0.2, 0.25) is 0 Å². The number of likely N-dealkylation sites (tertiary alicyclic amines) is 1. The molecule has 1 aromatic rings. The molecule has 5 heteroatoms. The van der Waals surface area contributed by atoms with Gasteiger partial charge < -0.3 is 15.2 Å². The first kappa shape index (κ1) is 16.1. The Morgan fingerprint density at radius 1 is 1.32 bits per heavy atom. The number of ether oxygens (including phenoxy) is 2. The van der Waals surface area contributed by atoms with Crippen LogP contribution < -0.4 is 15.2 Å². The summed E-state index contributed by atoms with van der Waals surface area (Å²) in [6, 6.07) is 4.70. The predicted molar refractivity (Wildman–Crippen MR) is 91.4 cm³/mol. The van der Waals surface area contributed by atoms with E-state index in [0.717, 1.165) is 48.0 Å². The van der Waals surface area contributed by atoms with Crippen molar-refractivity contribution < 1.29 is 9.47 Å². The number of nitrogens with two attached hydrogens (primary N) is 1. The van der Waals surface area contributed by atoms with Crippen molar-refractivity contribution in [3.63, 3.8) is 0 Å². The maximum atomic E-state index is 6.02. The molecular formula is C17H25BrN2O2. The quantitative estimate of drug-likeness (QED) is 0.837. The Labute approximate surface area is 141 Å². The normalized spacial score (nSPS) is 25.5. The lowest BCUT2D eigenvalue weighted by Crippen LogP contribution is -2.20. The molecule has 1 aromatic carbocycles. The number of benzene rings is 1. The van der Waals surface area contributed by atoms with Crippen molar-refractivity contribution >= 4 is 15.9 Å². The SMILES string of the molecule is COc1c(Br)cc(C2CC(CN)CN2C)cc1OCC1CC1. The largest absolute Gasteiger partial charge is 0.492 e. The highest BCUT2D eigenvalue weighted by Gasteiger charge is 2.31. The monoisotopic (exact) mass is 368 g/mol. The molecule has 0 spiro atoms. The molecule has 1 saturated heterocycles. The van der Waals surface area contributed by atoms with Crippen molar-refractivity contribution in [2.75, 3.05) is 33.9 Å². The van der Waals surface area contributed by atoms with Gasteiger partial charge in [-0.15, -0.1) is 0 Å². The van der Waals surface area contributed by atoms with Gasteiger partial charge in [-0.3, -0.25) is 4.90 Å². The maximum Gasteiger partial charge on any atom is 0.174 e. The minimum atomic E-state index is 0.402. The third kappa shape index (κ3) is 3.42. The fraction of sp³-hybridized carbons (Fsp3) is 0.647. The van der Waals surface area contributed by atoms with Crippen LogP contribution in [0, 0.1) is 11.8 Å². The molecule has 0 amide bonds. The molecule has 1 heterocycles. The lowest BCUT2D eigenvalue weighted by atomic mass is 9.99. The molecule has 0 aromatic heterocycles. The highest BCUT2D eigenvalue weighted by atomic mass is 79.9. The molecule has 1 saturated carbocycles. The minimum absolute atomic E-state index is 0.402. The zero-order chi connectivity index (χ0) is 15.7. The molecule has 3 rings (SSSR count). The summed E-state index contributed by atoms with van der Waals surface area (Å²) in [6.45, 7) is 2.60. The summed E-state index contributed by atoms with van der Waals surface area (Å²) in [7, 11) is 3.86. The number of methoxy groups -OCH3 is 1. The number of hydrogen-bond donors (Lipinski definition) is 1. The average molecular weight is 369 g/mol. The average Bonchev–Trinajstić information content (AvgIpc) is 3.25. The molecule has 2 N–H and O–H groups in total. The van der Waals surface area contributed by atoms with Gasteiger partial charge in [-0.05, 0) is 78.3 Å². The van der Waals surface area contributed by atoms with E-state index in [0.29, 0.717) is 12.0 Å². The number of rotatable bonds is 6. The van der Waals surface area contributed by atoms with Crippen molar-refractivity contribution in [1.82, 2.24) is 4.90 Å². The summed E-state index contributed by atoms with van der Waals surface area (Å²) in [4.78, 5) is 2.39. The van der Waals surface area contributed by atoms with E-state index in [9.17, 15) is 0 Å². The molecule has 2 unspecified atom stereocenters. The molecular weight excluding hydrogens is 344 g/mol. The van der Waals surface area contributed by atoms with Gasteiger partial charge in [-0.1, -0.05) is 0 Å². The van der Waals surface area contributed by atoms with Crippen LogP contribution in [0.25, 0.3) is 0 Å². The van der Waals surface area contributed by atoms with Crippen molar-refractivity contribution in [3.8, 4) is 11.5 Å². The Balaban J connectivity index is 1.84. The topological polar surface area (TPSA) is 47.7 Å². The van der Waals surface area contributed by atoms with Gasteiger partial charge in [0.05, 0.1) is 18.2 Å². The van der Waals surface area contributed by atoms with E-state index >= 15 is 0 Å². The Morgan fingerprint density at radius 2 is 2.09 bits per heavy atom. The molecule has 22 heavy (non-hydrogen) atoms. The van der Waals surface area contributed by atoms with E-state index in [2.05, 4.69) is 40.0 Å². The molecule has 0 radical (unpaired) electrons. The van der Waals surface area contributed by atoms with Crippen LogP contribution in [0.1, 0.15) is 30.9 Å². The summed E-state index contributed by atoms with van der Waals surface area (Å²) in [5.41, 5.74) is 7.12. The first-order valence-corrected chi connectivity index (χ1v) is 8.82. The van der Waals surface area contributed by atoms with Crippen LogP contribution in [-0.4, -0.2) is 38.8 Å². The first-order chi connectivity index (χ1) is 10.6. The molecule has 1 aliphatic carbocycles. The fourth-order valence-electron chi connectivity index (χ4n) is 3.24. The zero-order valence-corrected chi connectivity index (χ0v) is 14.9. The van der Waals surface area contributed by atoms with Crippen molar-refractivity contribution in [3.05, 3.63) is 22.2 Å². The van der Waals surface area contributed by atoms with E-state index in [1.807, 2.05) is 0 Å². The van der Waals surface area contributed by atoms with E-state index in [-0.39, 0.29) is 0 Å². The Bertz CT molecular complexity index is 534. The highest BCUT2D eigenvalue weighted by molar-refractivity contribution is 9.10. The van der Waals surface area contributed by atoms with Gasteiger partial charge in [0.1, 0.15) is 0 Å². The number of nitrogens with zero attached hydrogens (tertiary/aromatic N) is 1. The van der Waals surface area contributed by atoms with E-state index in [4.69, 9.17) is 15.2 Å². The van der Waals surface area contributed by atoms with Crippen LogP contribution >= 0.6 is 15.9 Å². The van der Waals surface area contributed by atoms with Gasteiger partial charge in [0.25, 0.3) is 0 Å². The van der Waals surface area contributed by atoms with Gasteiger partial charge in [-0.2, -0.15) is 0 Å². The number of hydrogen-bond acceptors (Lipinski definition) is 4. The summed E-state index contributed by atoms with van der Waals surface area (Å²) in [5.74, 6) is 2.94. The highest BCUT2D eigenvalue weighted by Crippen LogP contribution is 2.43. The van der Waals surface area contributed by atoms with E-state index in [1.165, 1.54) is 18.4 Å². The molecule has 2 atom stereocenters. The summed E-state index contributed by atoms with van der Waals surface area (Å²) in [6.07, 6.45) is 3.67. The van der Waals surface area contributed by atoms with Gasteiger partial charge in [0.15, 0.2) is 11.5 Å². The van der Waals surface area contributed by atoms with Crippen molar-refractivity contribution in [2.45, 2.75) is 25.3 Å². The summed E-state index contributed by atoms with van der Waals surface area (Å²) >= 11 is 3.63. The predicted octanol–water partition coefficient (Wildman–Crippen LogP) is 3.20. The summed E-state index contributed by atoms with van der Waals surface area (Å²) in [5, 5.41) is 0. The van der Waals surface area contributed by atoms with Crippen molar-refractivity contribution in [2.24, 2.45) is 17.6 Å². The molecule has 0 bridgehead atoms. The third-order valence-electron chi connectivity index (χ3n) is 4.76. The molecule has 122 valence electrons. The van der Waals surface area contributed by atoms with Crippen LogP contribution in [0.4, 0.5) is 0 Å². The standard InChI is InChI=1S/C17H25BrN2O2/c1-20-9-12(8-19)5-15(20)13-6-14(18)17(21-2)16(7-13)22-10-11-3-4-11/h6-7,11-12,15H,3-5,8-10,19H2,1-2H3. The molecule has 2 fully saturated rings. The van der Waals surface area contributed by atoms with Gasteiger partial charge in [0, 0.05) is 12.6 Å². The molecule has 2 aliphatic rings. The van der Waals surface area contributed by atoms with Gasteiger partial charge >= 0.3 is 0 Å². The van der Waals surface area contributed by atoms with Crippen LogP contribution in [0.3, 0.4) is 0 Å². The minimum Gasteiger partial charge on any atom is -0.492 e. The van der Waals surface area contributed by atoms with Crippen LogP contribution in [0.2, 0.25) is 0 Å².